The number of alkyl halides is 3. The second kappa shape index (κ2) is 4.65. The van der Waals surface area contributed by atoms with Crippen molar-refractivity contribution in [2.45, 2.75) is 32.0 Å². The molecule has 3 nitrogen and oxygen atoms in total. The minimum atomic E-state index is -5.07. The lowest BCUT2D eigenvalue weighted by molar-refractivity contribution is -0.262. The maximum atomic E-state index is 12.4. The molecule has 0 bridgehead atoms. The molecule has 0 saturated heterocycles. The number of carbonyl (C=O) groups excluding carboxylic acids is 1. The third kappa shape index (κ3) is 3.23. The van der Waals surface area contributed by atoms with Gasteiger partial charge in [-0.05, 0) is 13.8 Å². The molecule has 0 saturated carbocycles. The molecule has 0 aliphatic heterocycles. The molecule has 0 aliphatic rings. The standard InChI is InChI=1S/C9H13F3O3/c1-4-15-7(13)8(14,5-6(2)3)9(10,11)12/h14H,2,4-5H2,1,3H3/t8-/m1/s1. The first-order valence-electron chi connectivity index (χ1n) is 4.26. The number of ether oxygens (including phenoxy) is 1. The van der Waals surface area contributed by atoms with Crippen LogP contribution in [-0.4, -0.2) is 29.5 Å². The van der Waals surface area contributed by atoms with Crippen LogP contribution in [0.3, 0.4) is 0 Å². The molecule has 0 aromatic carbocycles. The molecule has 0 amide bonds. The zero-order valence-corrected chi connectivity index (χ0v) is 8.52. The molecule has 0 aliphatic carbocycles. The third-order valence-electron chi connectivity index (χ3n) is 1.64. The predicted octanol–water partition coefficient (Wildman–Crippen LogP) is 1.81. The Morgan fingerprint density at radius 3 is 2.20 bits per heavy atom. The molecule has 6 heteroatoms. The fourth-order valence-corrected chi connectivity index (χ4v) is 0.975. The Hall–Kier alpha value is -1.04. The largest absolute Gasteiger partial charge is 0.464 e. The van der Waals surface area contributed by atoms with Crippen LogP contribution in [0.25, 0.3) is 0 Å². The summed E-state index contributed by atoms with van der Waals surface area (Å²) in [7, 11) is 0. The molecular formula is C9H13F3O3. The molecule has 0 aromatic heterocycles. The van der Waals surface area contributed by atoms with Crippen molar-refractivity contribution in [2.75, 3.05) is 6.61 Å². The molecule has 0 spiro atoms. The summed E-state index contributed by atoms with van der Waals surface area (Å²) in [4.78, 5) is 11.0. The molecule has 0 heterocycles. The highest BCUT2D eigenvalue weighted by Gasteiger charge is 2.60. The van der Waals surface area contributed by atoms with E-state index in [0.717, 1.165) is 0 Å². The molecule has 0 rings (SSSR count). The SMILES string of the molecule is C=C(C)C[C@@](O)(C(=O)OCC)C(F)(F)F. The summed E-state index contributed by atoms with van der Waals surface area (Å²) in [5, 5.41) is 9.26. The van der Waals surface area contributed by atoms with Gasteiger partial charge >= 0.3 is 12.1 Å². The van der Waals surface area contributed by atoms with Crippen LogP contribution in [0.4, 0.5) is 13.2 Å². The minimum absolute atomic E-state index is 0.0443. The van der Waals surface area contributed by atoms with Gasteiger partial charge in [0.1, 0.15) is 0 Å². The third-order valence-corrected chi connectivity index (χ3v) is 1.64. The number of halogens is 3. The summed E-state index contributed by atoms with van der Waals surface area (Å²) in [6, 6.07) is 0. The van der Waals surface area contributed by atoms with Crippen molar-refractivity contribution < 1.29 is 27.8 Å². The molecule has 1 N–H and O–H groups in total. The lowest BCUT2D eigenvalue weighted by atomic mass is 9.95. The Balaban J connectivity index is 5.02. The van der Waals surface area contributed by atoms with E-state index in [9.17, 15) is 23.1 Å². The second-order valence-electron chi connectivity index (χ2n) is 3.21. The van der Waals surface area contributed by atoms with Gasteiger partial charge in [0.25, 0.3) is 5.60 Å². The summed E-state index contributed by atoms with van der Waals surface area (Å²) in [5.74, 6) is -1.69. The van der Waals surface area contributed by atoms with Crippen LogP contribution in [0.5, 0.6) is 0 Å². The van der Waals surface area contributed by atoms with Gasteiger partial charge in [0, 0.05) is 6.42 Å². The number of rotatable bonds is 4. The van der Waals surface area contributed by atoms with Crippen molar-refractivity contribution >= 4 is 5.97 Å². The molecule has 0 fully saturated rings. The minimum Gasteiger partial charge on any atom is -0.464 e. The van der Waals surface area contributed by atoms with E-state index in [2.05, 4.69) is 11.3 Å². The number of carbonyl (C=O) groups is 1. The molecule has 88 valence electrons. The van der Waals surface area contributed by atoms with Crippen LogP contribution in [0.2, 0.25) is 0 Å². The van der Waals surface area contributed by atoms with E-state index in [1.165, 1.54) is 13.8 Å². The normalized spacial score (nSPS) is 15.6. The van der Waals surface area contributed by atoms with Crippen LogP contribution in [-0.2, 0) is 9.53 Å². The van der Waals surface area contributed by atoms with E-state index in [-0.39, 0.29) is 12.2 Å². The van der Waals surface area contributed by atoms with E-state index >= 15 is 0 Å². The number of hydrogen-bond donors (Lipinski definition) is 1. The van der Waals surface area contributed by atoms with Crippen LogP contribution in [0, 0.1) is 0 Å². The van der Waals surface area contributed by atoms with Crippen molar-refractivity contribution in [3.63, 3.8) is 0 Å². The summed E-state index contributed by atoms with van der Waals surface area (Å²) in [6.07, 6.45) is -5.96. The Morgan fingerprint density at radius 1 is 1.47 bits per heavy atom. The van der Waals surface area contributed by atoms with Gasteiger partial charge in [-0.25, -0.2) is 4.79 Å². The molecule has 0 radical (unpaired) electrons. The zero-order chi connectivity index (χ0) is 12.3. The van der Waals surface area contributed by atoms with E-state index < -0.39 is 24.2 Å². The van der Waals surface area contributed by atoms with E-state index in [0.29, 0.717) is 0 Å². The molecule has 0 aromatic rings. The average Bonchev–Trinajstić information content (AvgIpc) is 2.01. The van der Waals surface area contributed by atoms with Crippen molar-refractivity contribution in [2.24, 2.45) is 0 Å². The van der Waals surface area contributed by atoms with Gasteiger partial charge in [-0.1, -0.05) is 5.57 Å². The van der Waals surface area contributed by atoms with Crippen molar-refractivity contribution in [3.05, 3.63) is 12.2 Å². The highest BCUT2D eigenvalue weighted by molar-refractivity contribution is 5.80. The van der Waals surface area contributed by atoms with Crippen molar-refractivity contribution in [3.8, 4) is 0 Å². The second-order valence-corrected chi connectivity index (χ2v) is 3.21. The first-order chi connectivity index (χ1) is 6.65. The Bertz CT molecular complexity index is 260. The van der Waals surface area contributed by atoms with Gasteiger partial charge in [0.05, 0.1) is 6.61 Å². The molecule has 0 unspecified atom stereocenters. The predicted molar refractivity (Wildman–Crippen MR) is 47.1 cm³/mol. The fourth-order valence-electron chi connectivity index (χ4n) is 0.975. The molecule has 1 atom stereocenters. The van der Waals surface area contributed by atoms with Gasteiger partial charge in [-0.15, -0.1) is 6.58 Å². The van der Waals surface area contributed by atoms with Crippen molar-refractivity contribution in [1.29, 1.82) is 0 Å². The van der Waals surface area contributed by atoms with Crippen molar-refractivity contribution in [1.82, 2.24) is 0 Å². The van der Waals surface area contributed by atoms with E-state index in [1.807, 2.05) is 0 Å². The fraction of sp³-hybridized carbons (Fsp3) is 0.667. The van der Waals surface area contributed by atoms with E-state index in [4.69, 9.17) is 0 Å². The number of esters is 1. The maximum absolute atomic E-state index is 12.4. The van der Waals surface area contributed by atoms with Crippen LogP contribution < -0.4 is 0 Å². The monoisotopic (exact) mass is 226 g/mol. The Labute approximate surface area is 85.5 Å². The maximum Gasteiger partial charge on any atom is 0.428 e. The number of hydrogen-bond acceptors (Lipinski definition) is 3. The quantitative estimate of drug-likeness (QED) is 0.587. The van der Waals surface area contributed by atoms with Gasteiger partial charge in [-0.2, -0.15) is 13.2 Å². The summed E-state index contributed by atoms with van der Waals surface area (Å²) in [6.45, 7) is 5.64. The summed E-state index contributed by atoms with van der Waals surface area (Å²) < 4.78 is 41.5. The number of aliphatic hydroxyl groups is 1. The lowest BCUT2D eigenvalue weighted by Gasteiger charge is -2.28. The summed E-state index contributed by atoms with van der Waals surface area (Å²) >= 11 is 0. The van der Waals surface area contributed by atoms with E-state index in [1.54, 1.807) is 0 Å². The highest BCUT2D eigenvalue weighted by atomic mass is 19.4. The Kier molecular flexibility index (Phi) is 4.33. The Morgan fingerprint density at radius 2 is 1.93 bits per heavy atom. The topological polar surface area (TPSA) is 46.5 Å². The van der Waals surface area contributed by atoms with Crippen LogP contribution in [0.1, 0.15) is 20.3 Å². The first-order valence-corrected chi connectivity index (χ1v) is 4.26. The lowest BCUT2D eigenvalue weighted by Crippen LogP contribution is -2.53. The molecule has 15 heavy (non-hydrogen) atoms. The van der Waals surface area contributed by atoms with Gasteiger partial charge in [-0.3, -0.25) is 0 Å². The van der Waals surface area contributed by atoms with Crippen LogP contribution in [0.15, 0.2) is 12.2 Å². The van der Waals surface area contributed by atoms with Gasteiger partial charge < -0.3 is 9.84 Å². The zero-order valence-electron chi connectivity index (χ0n) is 8.52. The smallest absolute Gasteiger partial charge is 0.428 e. The van der Waals surface area contributed by atoms with Gasteiger partial charge in [0.2, 0.25) is 0 Å². The molecular weight excluding hydrogens is 213 g/mol. The van der Waals surface area contributed by atoms with Crippen LogP contribution >= 0.6 is 0 Å². The highest BCUT2D eigenvalue weighted by Crippen LogP contribution is 2.36. The average molecular weight is 226 g/mol. The first kappa shape index (κ1) is 14.0. The van der Waals surface area contributed by atoms with Gasteiger partial charge in [0.15, 0.2) is 0 Å². The summed E-state index contributed by atoms with van der Waals surface area (Å²) in [5.41, 5.74) is -3.45.